The lowest BCUT2D eigenvalue weighted by Gasteiger charge is -2.16. The summed E-state index contributed by atoms with van der Waals surface area (Å²) in [5.74, 6) is 0.619. The van der Waals surface area contributed by atoms with Crippen molar-refractivity contribution in [2.45, 2.75) is 13.2 Å². The molecule has 1 unspecified atom stereocenters. The van der Waals surface area contributed by atoms with Gasteiger partial charge in [-0.2, -0.15) is 0 Å². The van der Waals surface area contributed by atoms with Crippen LogP contribution in [0.2, 0.25) is 5.02 Å². The number of carbonyl (C=O) groups is 1. The van der Waals surface area contributed by atoms with Crippen LogP contribution in [-0.2, 0) is 4.74 Å². The molecule has 0 aliphatic carbocycles. The van der Waals surface area contributed by atoms with Gasteiger partial charge in [0.05, 0.1) is 19.8 Å². The fourth-order valence-electron chi connectivity index (χ4n) is 1.39. The average molecular weight is 303 g/mol. The van der Waals surface area contributed by atoms with Crippen molar-refractivity contribution in [3.63, 3.8) is 0 Å². The normalized spacial score (nSPS) is 11.8. The van der Waals surface area contributed by atoms with E-state index in [-0.39, 0.29) is 19.2 Å². The third-order valence-corrected chi connectivity index (χ3v) is 2.48. The SMILES string of the molecule is CC(NC(=O)NCCOCCO)Oc1ccc(Cl)cc1. The molecule has 0 saturated heterocycles. The smallest absolute Gasteiger partial charge is 0.317 e. The minimum Gasteiger partial charge on any atom is -0.471 e. The summed E-state index contributed by atoms with van der Waals surface area (Å²) >= 11 is 5.76. The van der Waals surface area contributed by atoms with E-state index < -0.39 is 6.23 Å². The van der Waals surface area contributed by atoms with Gasteiger partial charge in [0.2, 0.25) is 0 Å². The van der Waals surface area contributed by atoms with Gasteiger partial charge in [-0.05, 0) is 31.2 Å². The number of benzene rings is 1. The summed E-state index contributed by atoms with van der Waals surface area (Å²) in [7, 11) is 0. The molecule has 0 bridgehead atoms. The zero-order chi connectivity index (χ0) is 14.8. The van der Waals surface area contributed by atoms with Crippen molar-refractivity contribution in [2.24, 2.45) is 0 Å². The van der Waals surface area contributed by atoms with E-state index in [1.165, 1.54) is 0 Å². The lowest BCUT2D eigenvalue weighted by atomic mass is 10.3. The van der Waals surface area contributed by atoms with Crippen LogP contribution in [0, 0.1) is 0 Å². The molecule has 6 nitrogen and oxygen atoms in total. The Morgan fingerprint density at radius 3 is 2.70 bits per heavy atom. The molecule has 0 aromatic heterocycles. The second-order valence-electron chi connectivity index (χ2n) is 3.95. The molecule has 1 rings (SSSR count). The van der Waals surface area contributed by atoms with Gasteiger partial charge in [0.1, 0.15) is 5.75 Å². The number of urea groups is 1. The van der Waals surface area contributed by atoms with Crippen LogP contribution in [0.25, 0.3) is 0 Å². The molecule has 0 radical (unpaired) electrons. The Hall–Kier alpha value is -1.50. The molecule has 1 aromatic rings. The first-order valence-corrected chi connectivity index (χ1v) is 6.65. The molecule has 1 atom stereocenters. The predicted molar refractivity (Wildman–Crippen MR) is 76.0 cm³/mol. The van der Waals surface area contributed by atoms with Gasteiger partial charge in [0, 0.05) is 11.6 Å². The van der Waals surface area contributed by atoms with E-state index in [1.54, 1.807) is 31.2 Å². The third-order valence-electron chi connectivity index (χ3n) is 2.23. The molecule has 112 valence electrons. The number of halogens is 1. The second-order valence-corrected chi connectivity index (χ2v) is 4.39. The molecule has 0 saturated carbocycles. The molecule has 3 N–H and O–H groups in total. The first-order chi connectivity index (χ1) is 9.61. The van der Waals surface area contributed by atoms with E-state index in [0.717, 1.165) is 0 Å². The molecular weight excluding hydrogens is 284 g/mol. The number of aliphatic hydroxyl groups excluding tert-OH is 1. The van der Waals surface area contributed by atoms with Crippen LogP contribution in [0.4, 0.5) is 4.79 Å². The number of amides is 2. The molecule has 0 aliphatic rings. The maximum absolute atomic E-state index is 11.5. The largest absolute Gasteiger partial charge is 0.471 e. The number of carbonyl (C=O) groups excluding carboxylic acids is 1. The lowest BCUT2D eigenvalue weighted by molar-refractivity contribution is 0.0942. The highest BCUT2D eigenvalue weighted by atomic mass is 35.5. The summed E-state index contributed by atoms with van der Waals surface area (Å²) in [6.45, 7) is 2.66. The standard InChI is InChI=1S/C13H19ClN2O4/c1-10(20-12-4-2-11(14)3-5-12)16-13(18)15-6-8-19-9-7-17/h2-5,10,17H,6-9H2,1H3,(H2,15,16,18). The van der Waals surface area contributed by atoms with E-state index in [4.69, 9.17) is 26.2 Å². The number of ether oxygens (including phenoxy) is 2. The van der Waals surface area contributed by atoms with Gasteiger partial charge in [0.15, 0.2) is 6.23 Å². The quantitative estimate of drug-likeness (QED) is 0.500. The number of hydrogen-bond donors (Lipinski definition) is 3. The van der Waals surface area contributed by atoms with Crippen molar-refractivity contribution >= 4 is 17.6 Å². The van der Waals surface area contributed by atoms with Crippen molar-refractivity contribution in [3.05, 3.63) is 29.3 Å². The van der Waals surface area contributed by atoms with E-state index >= 15 is 0 Å². The van der Waals surface area contributed by atoms with Crippen molar-refractivity contribution in [3.8, 4) is 5.75 Å². The number of rotatable bonds is 8. The fraction of sp³-hybridized carbons (Fsp3) is 0.462. The minimum atomic E-state index is -0.477. The van der Waals surface area contributed by atoms with Gasteiger partial charge >= 0.3 is 6.03 Å². The summed E-state index contributed by atoms with van der Waals surface area (Å²) in [5, 5.41) is 14.4. The molecule has 20 heavy (non-hydrogen) atoms. The van der Waals surface area contributed by atoms with Crippen molar-refractivity contribution in [1.82, 2.24) is 10.6 Å². The summed E-state index contributed by atoms with van der Waals surface area (Å²) in [6.07, 6.45) is -0.477. The first-order valence-electron chi connectivity index (χ1n) is 6.27. The van der Waals surface area contributed by atoms with Crippen LogP contribution in [0.1, 0.15) is 6.92 Å². The first kappa shape index (κ1) is 16.6. The van der Waals surface area contributed by atoms with Gasteiger partial charge in [-0.25, -0.2) is 4.79 Å². The summed E-state index contributed by atoms with van der Waals surface area (Å²) in [5.41, 5.74) is 0. The predicted octanol–water partition coefficient (Wildman–Crippen LogP) is 1.37. The topological polar surface area (TPSA) is 79.8 Å². The number of nitrogens with one attached hydrogen (secondary N) is 2. The zero-order valence-electron chi connectivity index (χ0n) is 11.3. The van der Waals surface area contributed by atoms with Crippen molar-refractivity contribution < 1.29 is 19.4 Å². The molecule has 2 amide bonds. The Bertz CT molecular complexity index is 400. The monoisotopic (exact) mass is 302 g/mol. The van der Waals surface area contributed by atoms with E-state index in [0.29, 0.717) is 23.9 Å². The van der Waals surface area contributed by atoms with E-state index in [2.05, 4.69) is 10.6 Å². The summed E-state index contributed by atoms with van der Waals surface area (Å²) < 4.78 is 10.5. The van der Waals surface area contributed by atoms with Gasteiger partial charge in [-0.15, -0.1) is 0 Å². The molecule has 1 aromatic carbocycles. The molecular formula is C13H19ClN2O4. The van der Waals surface area contributed by atoms with Crippen LogP contribution in [0.5, 0.6) is 5.75 Å². The van der Waals surface area contributed by atoms with Gasteiger partial charge < -0.3 is 25.2 Å². The maximum atomic E-state index is 11.5. The Balaban J connectivity index is 2.19. The highest BCUT2D eigenvalue weighted by molar-refractivity contribution is 6.30. The molecule has 0 spiro atoms. The molecule has 0 heterocycles. The second kappa shape index (κ2) is 9.41. The number of aliphatic hydroxyl groups is 1. The van der Waals surface area contributed by atoms with Crippen LogP contribution >= 0.6 is 11.6 Å². The molecule has 7 heteroatoms. The molecule has 0 fully saturated rings. The van der Waals surface area contributed by atoms with Crippen molar-refractivity contribution in [2.75, 3.05) is 26.4 Å². The zero-order valence-corrected chi connectivity index (χ0v) is 12.0. The highest BCUT2D eigenvalue weighted by Gasteiger charge is 2.07. The number of hydrogen-bond acceptors (Lipinski definition) is 4. The Morgan fingerprint density at radius 2 is 2.05 bits per heavy atom. The maximum Gasteiger partial charge on any atom is 0.317 e. The highest BCUT2D eigenvalue weighted by Crippen LogP contribution is 2.16. The van der Waals surface area contributed by atoms with Crippen LogP contribution in [0.15, 0.2) is 24.3 Å². The minimum absolute atomic E-state index is 0.0296. The Kier molecular flexibility index (Phi) is 7.79. The van der Waals surface area contributed by atoms with Crippen LogP contribution < -0.4 is 15.4 Å². The summed E-state index contributed by atoms with van der Waals surface area (Å²) in [4.78, 5) is 11.5. The van der Waals surface area contributed by atoms with E-state index in [9.17, 15) is 4.79 Å². The average Bonchev–Trinajstić information content (AvgIpc) is 2.41. The van der Waals surface area contributed by atoms with Gasteiger partial charge in [-0.3, -0.25) is 0 Å². The Morgan fingerprint density at radius 1 is 1.35 bits per heavy atom. The summed E-state index contributed by atoms with van der Waals surface area (Å²) in [6, 6.07) is 6.52. The lowest BCUT2D eigenvalue weighted by Crippen LogP contribution is -2.44. The van der Waals surface area contributed by atoms with Gasteiger partial charge in [-0.1, -0.05) is 11.6 Å². The van der Waals surface area contributed by atoms with Crippen LogP contribution in [-0.4, -0.2) is 43.7 Å². The molecule has 0 aliphatic heterocycles. The Labute approximate surface area is 123 Å². The van der Waals surface area contributed by atoms with Crippen molar-refractivity contribution in [1.29, 1.82) is 0 Å². The van der Waals surface area contributed by atoms with Crippen LogP contribution in [0.3, 0.4) is 0 Å². The van der Waals surface area contributed by atoms with E-state index in [1.807, 2.05) is 0 Å². The van der Waals surface area contributed by atoms with Gasteiger partial charge in [0.25, 0.3) is 0 Å². The third kappa shape index (κ3) is 7.18. The fourth-order valence-corrected chi connectivity index (χ4v) is 1.51.